The van der Waals surface area contributed by atoms with Gasteiger partial charge in [0.15, 0.2) is 5.13 Å². The van der Waals surface area contributed by atoms with Crippen LogP contribution in [0.4, 0.5) is 5.13 Å². The second-order valence-corrected chi connectivity index (χ2v) is 9.49. The van der Waals surface area contributed by atoms with E-state index in [-0.39, 0.29) is 5.91 Å². The van der Waals surface area contributed by atoms with Gasteiger partial charge in [-0.3, -0.25) is 14.6 Å². The molecule has 0 atom stereocenters. The molecule has 1 amide bonds. The summed E-state index contributed by atoms with van der Waals surface area (Å²) in [6, 6.07) is 15.7. The highest BCUT2D eigenvalue weighted by molar-refractivity contribution is 7.22. The van der Waals surface area contributed by atoms with E-state index in [9.17, 15) is 4.79 Å². The van der Waals surface area contributed by atoms with Crippen molar-refractivity contribution in [2.24, 2.45) is 0 Å². The molecule has 0 spiro atoms. The molecule has 0 N–H and O–H groups in total. The van der Waals surface area contributed by atoms with Gasteiger partial charge in [0.1, 0.15) is 5.75 Å². The second-order valence-electron chi connectivity index (χ2n) is 8.49. The molecule has 3 heterocycles. The number of para-hydroxylation sites is 1. The van der Waals surface area contributed by atoms with Crippen molar-refractivity contribution in [2.45, 2.75) is 13.3 Å². The lowest BCUT2D eigenvalue weighted by atomic mass is 10.2. The first-order valence-corrected chi connectivity index (χ1v) is 12.6. The molecule has 1 fully saturated rings. The molecule has 1 aliphatic rings. The smallest absolute Gasteiger partial charge is 0.263 e. The van der Waals surface area contributed by atoms with Crippen LogP contribution in [-0.2, 0) is 4.74 Å². The minimum Gasteiger partial charge on any atom is -0.497 e. The van der Waals surface area contributed by atoms with E-state index in [1.165, 1.54) is 11.3 Å². The molecule has 9 heteroatoms. The van der Waals surface area contributed by atoms with E-state index in [2.05, 4.69) is 10.00 Å². The summed E-state index contributed by atoms with van der Waals surface area (Å²) in [5, 5.41) is 5.20. The van der Waals surface area contributed by atoms with Crippen molar-refractivity contribution >= 4 is 32.6 Å². The first-order chi connectivity index (χ1) is 17.1. The number of amides is 1. The van der Waals surface area contributed by atoms with E-state index in [0.717, 1.165) is 66.6 Å². The van der Waals surface area contributed by atoms with Gasteiger partial charge < -0.3 is 9.47 Å². The second kappa shape index (κ2) is 10.6. The molecule has 182 valence electrons. The summed E-state index contributed by atoms with van der Waals surface area (Å²) in [4.78, 5) is 22.9. The molecular weight excluding hydrogens is 462 g/mol. The lowest BCUT2D eigenvalue weighted by Gasteiger charge is -2.27. The summed E-state index contributed by atoms with van der Waals surface area (Å²) in [6.45, 7) is 6.80. The van der Waals surface area contributed by atoms with Gasteiger partial charge in [0.25, 0.3) is 5.91 Å². The van der Waals surface area contributed by atoms with Crippen molar-refractivity contribution in [3.8, 4) is 11.4 Å². The molecule has 1 saturated heterocycles. The highest BCUT2D eigenvalue weighted by Crippen LogP contribution is 2.32. The van der Waals surface area contributed by atoms with Gasteiger partial charge in [-0.2, -0.15) is 5.10 Å². The molecule has 5 rings (SSSR count). The predicted molar refractivity (Wildman–Crippen MR) is 138 cm³/mol. The molecule has 2 aromatic heterocycles. The topological polar surface area (TPSA) is 72.7 Å². The molecule has 0 saturated carbocycles. The van der Waals surface area contributed by atoms with Gasteiger partial charge in [-0.25, -0.2) is 9.67 Å². The Bertz CT molecular complexity index is 1300. The van der Waals surface area contributed by atoms with E-state index in [4.69, 9.17) is 14.5 Å². The van der Waals surface area contributed by atoms with Crippen molar-refractivity contribution in [1.29, 1.82) is 0 Å². The lowest BCUT2D eigenvalue weighted by Crippen LogP contribution is -2.39. The third kappa shape index (κ3) is 5.07. The van der Waals surface area contributed by atoms with Crippen molar-refractivity contribution in [2.75, 3.05) is 51.4 Å². The lowest BCUT2D eigenvalue weighted by molar-refractivity contribution is 0.0376. The quantitative estimate of drug-likeness (QED) is 0.368. The average molecular weight is 492 g/mol. The number of rotatable bonds is 8. The fraction of sp³-hybridized carbons (Fsp3) is 0.346. The molecule has 8 nitrogen and oxygen atoms in total. The molecule has 0 radical (unpaired) electrons. The van der Waals surface area contributed by atoms with Crippen LogP contribution in [0.1, 0.15) is 22.5 Å². The maximum absolute atomic E-state index is 13.9. The number of ether oxygens (including phenoxy) is 2. The minimum absolute atomic E-state index is 0.0855. The fourth-order valence-electron chi connectivity index (χ4n) is 4.29. The van der Waals surface area contributed by atoms with Crippen molar-refractivity contribution in [3.63, 3.8) is 0 Å². The van der Waals surface area contributed by atoms with Crippen LogP contribution in [0.25, 0.3) is 15.9 Å². The number of fused-ring (bicyclic) bond motifs is 1. The number of benzene rings is 2. The van der Waals surface area contributed by atoms with Crippen molar-refractivity contribution in [3.05, 3.63) is 66.0 Å². The van der Waals surface area contributed by atoms with Gasteiger partial charge >= 0.3 is 0 Å². The number of methoxy groups -OCH3 is 1. The number of hydrogen-bond donors (Lipinski definition) is 0. The number of aromatic nitrogens is 3. The summed E-state index contributed by atoms with van der Waals surface area (Å²) in [6.07, 6.45) is 2.51. The molecule has 2 aromatic carbocycles. The molecule has 0 bridgehead atoms. The van der Waals surface area contributed by atoms with E-state index in [0.29, 0.717) is 17.2 Å². The summed E-state index contributed by atoms with van der Waals surface area (Å²) >= 11 is 1.52. The van der Waals surface area contributed by atoms with E-state index < -0.39 is 0 Å². The molecule has 35 heavy (non-hydrogen) atoms. The number of nitrogens with zero attached hydrogens (tertiary/aromatic N) is 5. The highest BCUT2D eigenvalue weighted by Gasteiger charge is 2.25. The van der Waals surface area contributed by atoms with E-state index >= 15 is 0 Å². The fourth-order valence-corrected chi connectivity index (χ4v) is 5.26. The molecule has 0 aliphatic carbocycles. The molecule has 0 unspecified atom stereocenters. The van der Waals surface area contributed by atoms with Gasteiger partial charge in [-0.05, 0) is 37.6 Å². The predicted octanol–water partition coefficient (Wildman–Crippen LogP) is 4.17. The summed E-state index contributed by atoms with van der Waals surface area (Å²) < 4.78 is 13.6. The monoisotopic (exact) mass is 491 g/mol. The number of carbonyl (C=O) groups excluding carboxylic acids is 1. The largest absolute Gasteiger partial charge is 0.497 e. The summed E-state index contributed by atoms with van der Waals surface area (Å²) in [5.41, 5.74) is 3.14. The Labute approximate surface area is 208 Å². The van der Waals surface area contributed by atoms with E-state index in [1.807, 2.05) is 60.1 Å². The van der Waals surface area contributed by atoms with Crippen LogP contribution in [0.15, 0.2) is 54.7 Å². The maximum atomic E-state index is 13.9. The number of carbonyl (C=O) groups is 1. The Kier molecular flexibility index (Phi) is 7.08. The third-order valence-corrected chi connectivity index (χ3v) is 7.32. The Balaban J connectivity index is 1.43. The first-order valence-electron chi connectivity index (χ1n) is 11.8. The average Bonchev–Trinajstić information content (AvgIpc) is 3.50. The summed E-state index contributed by atoms with van der Waals surface area (Å²) in [5.74, 6) is 0.664. The minimum atomic E-state index is -0.0855. The van der Waals surface area contributed by atoms with Crippen LogP contribution in [-0.4, -0.2) is 72.1 Å². The van der Waals surface area contributed by atoms with Gasteiger partial charge in [0, 0.05) is 32.2 Å². The Hall–Kier alpha value is -3.27. The zero-order valence-electron chi connectivity index (χ0n) is 20.0. The zero-order chi connectivity index (χ0) is 24.2. The van der Waals surface area contributed by atoms with Crippen LogP contribution < -0.4 is 9.64 Å². The highest BCUT2D eigenvalue weighted by atomic mass is 32.1. The van der Waals surface area contributed by atoms with E-state index in [1.54, 1.807) is 18.2 Å². The van der Waals surface area contributed by atoms with Crippen molar-refractivity contribution < 1.29 is 14.3 Å². The van der Waals surface area contributed by atoms with Crippen LogP contribution >= 0.6 is 11.3 Å². The zero-order valence-corrected chi connectivity index (χ0v) is 20.8. The van der Waals surface area contributed by atoms with Crippen LogP contribution in [0.5, 0.6) is 5.75 Å². The van der Waals surface area contributed by atoms with Gasteiger partial charge in [0.05, 0.1) is 53.7 Å². The Morgan fingerprint density at radius 1 is 1.17 bits per heavy atom. The van der Waals surface area contributed by atoms with Gasteiger partial charge in [-0.15, -0.1) is 0 Å². The third-order valence-electron chi connectivity index (χ3n) is 6.26. The van der Waals surface area contributed by atoms with Crippen LogP contribution in [0, 0.1) is 6.92 Å². The number of anilines is 1. The van der Waals surface area contributed by atoms with Crippen LogP contribution in [0.2, 0.25) is 0 Å². The first kappa shape index (κ1) is 23.5. The SMILES string of the molecule is COc1ccc2sc(N(CCCN3CCOCC3)C(=O)c3cnn(-c4ccccc4)c3C)nc2c1. The van der Waals surface area contributed by atoms with Crippen molar-refractivity contribution in [1.82, 2.24) is 19.7 Å². The molecule has 1 aliphatic heterocycles. The van der Waals surface area contributed by atoms with Gasteiger partial charge in [-0.1, -0.05) is 29.5 Å². The number of hydrogen-bond acceptors (Lipinski definition) is 7. The Morgan fingerprint density at radius 2 is 1.97 bits per heavy atom. The van der Waals surface area contributed by atoms with Gasteiger partial charge in [0.2, 0.25) is 0 Å². The number of thiazole rings is 1. The normalized spacial score (nSPS) is 14.3. The molecular formula is C26H29N5O3S. The molecule has 4 aromatic rings. The van der Waals surface area contributed by atoms with Crippen LogP contribution in [0.3, 0.4) is 0 Å². The standard InChI is InChI=1S/C26H29N5O3S/c1-19-22(18-27-31(19)20-7-4-3-5-8-20)25(32)30(12-6-11-29-13-15-34-16-14-29)26-28-23-17-21(33-2)9-10-24(23)35-26/h3-5,7-10,17-18H,6,11-16H2,1-2H3. The maximum Gasteiger partial charge on any atom is 0.263 e. The summed E-state index contributed by atoms with van der Waals surface area (Å²) in [7, 11) is 1.64. The number of morpholine rings is 1. The Morgan fingerprint density at radius 3 is 2.74 bits per heavy atom.